The van der Waals surface area contributed by atoms with Gasteiger partial charge in [-0.25, -0.2) is 0 Å². The molecule has 0 N–H and O–H groups in total. The van der Waals surface area contributed by atoms with Crippen molar-refractivity contribution in [1.82, 2.24) is 9.80 Å². The molecule has 0 spiro atoms. The molecule has 1 aliphatic rings. The number of likely N-dealkylation sites (N-methyl/N-ethyl adjacent to an activating group) is 2. The number of hydrogen-bond donors (Lipinski definition) is 0. The normalized spacial score (nSPS) is 22.6. The zero-order valence-electron chi connectivity index (χ0n) is 11.8. The molecule has 0 aromatic heterocycles. The SMILES string of the molecule is CCOC(CN(C)C1CCCN(C)C1)OCC. The molecule has 0 saturated carbocycles. The van der Waals surface area contributed by atoms with E-state index in [9.17, 15) is 0 Å². The predicted molar refractivity (Wildman–Crippen MR) is 70.2 cm³/mol. The number of rotatable bonds is 7. The summed E-state index contributed by atoms with van der Waals surface area (Å²) < 4.78 is 11.2. The number of piperidine rings is 1. The molecule has 1 saturated heterocycles. The Labute approximate surface area is 106 Å². The molecular weight excluding hydrogens is 216 g/mol. The molecule has 1 rings (SSSR count). The van der Waals surface area contributed by atoms with Crippen molar-refractivity contribution in [3.05, 3.63) is 0 Å². The van der Waals surface area contributed by atoms with E-state index in [1.807, 2.05) is 13.8 Å². The van der Waals surface area contributed by atoms with Crippen molar-refractivity contribution < 1.29 is 9.47 Å². The van der Waals surface area contributed by atoms with Gasteiger partial charge in [0.25, 0.3) is 0 Å². The van der Waals surface area contributed by atoms with Crippen molar-refractivity contribution in [2.24, 2.45) is 0 Å². The Morgan fingerprint density at radius 1 is 1.29 bits per heavy atom. The van der Waals surface area contributed by atoms with E-state index in [4.69, 9.17) is 9.47 Å². The molecule has 0 amide bonds. The van der Waals surface area contributed by atoms with Crippen molar-refractivity contribution in [3.8, 4) is 0 Å². The van der Waals surface area contributed by atoms with Gasteiger partial charge in [0.2, 0.25) is 0 Å². The Morgan fingerprint density at radius 2 is 1.94 bits per heavy atom. The van der Waals surface area contributed by atoms with E-state index in [0.29, 0.717) is 19.3 Å². The summed E-state index contributed by atoms with van der Waals surface area (Å²) in [5.74, 6) is 0. The summed E-state index contributed by atoms with van der Waals surface area (Å²) in [4.78, 5) is 4.78. The van der Waals surface area contributed by atoms with E-state index in [-0.39, 0.29) is 6.29 Å². The van der Waals surface area contributed by atoms with E-state index in [0.717, 1.165) is 13.1 Å². The molecule has 1 atom stereocenters. The van der Waals surface area contributed by atoms with Crippen LogP contribution in [0.15, 0.2) is 0 Å². The van der Waals surface area contributed by atoms with Crippen molar-refractivity contribution in [2.75, 3.05) is 46.9 Å². The molecule has 17 heavy (non-hydrogen) atoms. The van der Waals surface area contributed by atoms with Crippen LogP contribution in [0.4, 0.5) is 0 Å². The predicted octanol–water partition coefficient (Wildman–Crippen LogP) is 1.41. The van der Waals surface area contributed by atoms with Crippen LogP contribution in [0.3, 0.4) is 0 Å². The van der Waals surface area contributed by atoms with Gasteiger partial charge in [-0.3, -0.25) is 4.90 Å². The summed E-state index contributed by atoms with van der Waals surface area (Å²) in [7, 11) is 4.37. The molecule has 1 fully saturated rings. The second kappa shape index (κ2) is 8.03. The first-order valence-corrected chi connectivity index (χ1v) is 6.79. The number of ether oxygens (including phenoxy) is 2. The fourth-order valence-corrected chi connectivity index (χ4v) is 2.41. The minimum absolute atomic E-state index is 0.0813. The van der Waals surface area contributed by atoms with Gasteiger partial charge < -0.3 is 14.4 Å². The van der Waals surface area contributed by atoms with Crippen LogP contribution in [0.1, 0.15) is 26.7 Å². The molecule has 102 valence electrons. The summed E-state index contributed by atoms with van der Waals surface area (Å²) in [5, 5.41) is 0. The summed E-state index contributed by atoms with van der Waals surface area (Å²) in [6.07, 6.45) is 2.49. The van der Waals surface area contributed by atoms with Gasteiger partial charge >= 0.3 is 0 Å². The van der Waals surface area contributed by atoms with Crippen LogP contribution in [0.5, 0.6) is 0 Å². The highest BCUT2D eigenvalue weighted by atomic mass is 16.7. The van der Waals surface area contributed by atoms with Gasteiger partial charge in [0.05, 0.1) is 0 Å². The lowest BCUT2D eigenvalue weighted by Gasteiger charge is -2.37. The maximum atomic E-state index is 5.59. The van der Waals surface area contributed by atoms with Gasteiger partial charge in [-0.15, -0.1) is 0 Å². The number of nitrogens with zero attached hydrogens (tertiary/aromatic N) is 2. The van der Waals surface area contributed by atoms with Crippen molar-refractivity contribution in [2.45, 2.75) is 39.0 Å². The minimum Gasteiger partial charge on any atom is -0.352 e. The quantitative estimate of drug-likeness (QED) is 0.632. The lowest BCUT2D eigenvalue weighted by molar-refractivity contribution is -0.149. The highest BCUT2D eigenvalue weighted by Crippen LogP contribution is 2.14. The zero-order valence-corrected chi connectivity index (χ0v) is 11.8. The van der Waals surface area contributed by atoms with Crippen molar-refractivity contribution in [3.63, 3.8) is 0 Å². The minimum atomic E-state index is -0.0813. The molecule has 4 heteroatoms. The Morgan fingerprint density at radius 3 is 2.47 bits per heavy atom. The standard InChI is InChI=1S/C13H28N2O2/c1-5-16-13(17-6-2)11-15(4)12-8-7-9-14(3)10-12/h12-13H,5-11H2,1-4H3. The average molecular weight is 244 g/mol. The number of likely N-dealkylation sites (tertiary alicyclic amines) is 1. The maximum Gasteiger partial charge on any atom is 0.170 e. The van der Waals surface area contributed by atoms with Crippen LogP contribution >= 0.6 is 0 Å². The van der Waals surface area contributed by atoms with E-state index < -0.39 is 0 Å². The molecule has 0 radical (unpaired) electrons. The molecule has 1 heterocycles. The number of hydrogen-bond acceptors (Lipinski definition) is 4. The molecule has 0 bridgehead atoms. The van der Waals surface area contributed by atoms with Crippen LogP contribution in [0, 0.1) is 0 Å². The zero-order chi connectivity index (χ0) is 12.7. The molecular formula is C13H28N2O2. The van der Waals surface area contributed by atoms with Gasteiger partial charge in [-0.2, -0.15) is 0 Å². The first-order chi connectivity index (χ1) is 8.17. The van der Waals surface area contributed by atoms with E-state index in [2.05, 4.69) is 23.9 Å². The Balaban J connectivity index is 2.36. The third-order valence-corrected chi connectivity index (χ3v) is 3.37. The van der Waals surface area contributed by atoms with Crippen LogP contribution < -0.4 is 0 Å². The summed E-state index contributed by atoms with van der Waals surface area (Å²) in [6, 6.07) is 0.636. The third kappa shape index (κ3) is 5.34. The van der Waals surface area contributed by atoms with Crippen LogP contribution in [-0.4, -0.2) is 69.1 Å². The van der Waals surface area contributed by atoms with Gasteiger partial charge in [-0.05, 0) is 47.3 Å². The average Bonchev–Trinajstić information content (AvgIpc) is 2.29. The second-order valence-corrected chi connectivity index (χ2v) is 4.84. The molecule has 1 unspecified atom stereocenters. The van der Waals surface area contributed by atoms with Crippen molar-refractivity contribution in [1.29, 1.82) is 0 Å². The largest absolute Gasteiger partial charge is 0.352 e. The highest BCUT2D eigenvalue weighted by molar-refractivity contribution is 4.78. The summed E-state index contributed by atoms with van der Waals surface area (Å²) in [5.41, 5.74) is 0. The van der Waals surface area contributed by atoms with E-state index in [1.165, 1.54) is 19.4 Å². The van der Waals surface area contributed by atoms with E-state index in [1.54, 1.807) is 0 Å². The molecule has 0 aromatic rings. The maximum absolute atomic E-state index is 5.59. The van der Waals surface area contributed by atoms with Crippen LogP contribution in [0.2, 0.25) is 0 Å². The topological polar surface area (TPSA) is 24.9 Å². The van der Waals surface area contributed by atoms with Gasteiger partial charge in [0, 0.05) is 32.3 Å². The fraction of sp³-hybridized carbons (Fsp3) is 1.00. The van der Waals surface area contributed by atoms with E-state index >= 15 is 0 Å². The summed E-state index contributed by atoms with van der Waals surface area (Å²) in [6.45, 7) is 8.69. The highest BCUT2D eigenvalue weighted by Gasteiger charge is 2.23. The van der Waals surface area contributed by atoms with Crippen LogP contribution in [0.25, 0.3) is 0 Å². The lowest BCUT2D eigenvalue weighted by Crippen LogP contribution is -2.47. The van der Waals surface area contributed by atoms with Gasteiger partial charge in [0.15, 0.2) is 6.29 Å². The summed E-state index contributed by atoms with van der Waals surface area (Å²) >= 11 is 0. The third-order valence-electron chi connectivity index (χ3n) is 3.37. The Kier molecular flexibility index (Phi) is 7.04. The molecule has 4 nitrogen and oxygen atoms in total. The molecule has 0 aromatic carbocycles. The second-order valence-electron chi connectivity index (χ2n) is 4.84. The van der Waals surface area contributed by atoms with Gasteiger partial charge in [0.1, 0.15) is 0 Å². The Bertz CT molecular complexity index is 196. The smallest absolute Gasteiger partial charge is 0.170 e. The molecule has 0 aliphatic carbocycles. The van der Waals surface area contributed by atoms with Crippen LogP contribution in [-0.2, 0) is 9.47 Å². The lowest BCUT2D eigenvalue weighted by atomic mass is 10.1. The first kappa shape index (κ1) is 14.9. The molecule has 1 aliphatic heterocycles. The first-order valence-electron chi connectivity index (χ1n) is 6.79. The van der Waals surface area contributed by atoms with Crippen molar-refractivity contribution >= 4 is 0 Å². The Hall–Kier alpha value is -0.160. The monoisotopic (exact) mass is 244 g/mol. The van der Waals surface area contributed by atoms with Gasteiger partial charge in [-0.1, -0.05) is 0 Å². The fourth-order valence-electron chi connectivity index (χ4n) is 2.41.